The summed E-state index contributed by atoms with van der Waals surface area (Å²) in [7, 11) is -2.07. The Morgan fingerprint density at radius 1 is 0.844 bits per heavy atom. The molecule has 3 aromatic carbocycles. The number of hydrogen-bond acceptors (Lipinski definition) is 3. The standard InChI is InChI=1S/C26H28N2O3S/c1-27(22-14-8-9-15-22)26(29)24-18-10-11-19-25(24)28(20-21-12-4-2-5-13-21)32(30,31)23-16-6-3-7-17-23/h2-7,10-13,16-19,22H,8-9,14-15,20H2,1H3. The summed E-state index contributed by atoms with van der Waals surface area (Å²) >= 11 is 0. The molecule has 0 radical (unpaired) electrons. The highest BCUT2D eigenvalue weighted by atomic mass is 32.2. The van der Waals surface area contributed by atoms with Crippen LogP contribution in [0.4, 0.5) is 5.69 Å². The van der Waals surface area contributed by atoms with E-state index in [1.807, 2.05) is 37.4 Å². The number of nitrogens with zero attached hydrogens (tertiary/aromatic N) is 2. The van der Waals surface area contributed by atoms with Crippen LogP contribution in [0, 0.1) is 0 Å². The lowest BCUT2D eigenvalue weighted by molar-refractivity contribution is 0.0736. The van der Waals surface area contributed by atoms with Crippen molar-refractivity contribution >= 4 is 21.6 Å². The molecule has 0 aliphatic heterocycles. The molecule has 1 fully saturated rings. The number of sulfonamides is 1. The molecule has 0 heterocycles. The Bertz CT molecular complexity index is 1160. The second-order valence-corrected chi connectivity index (χ2v) is 10.0. The van der Waals surface area contributed by atoms with Crippen molar-refractivity contribution in [3.63, 3.8) is 0 Å². The van der Waals surface area contributed by atoms with Gasteiger partial charge in [0.1, 0.15) is 0 Å². The topological polar surface area (TPSA) is 57.7 Å². The summed E-state index contributed by atoms with van der Waals surface area (Å²) in [4.78, 5) is 15.5. The summed E-state index contributed by atoms with van der Waals surface area (Å²) in [5, 5.41) is 0. The highest BCUT2D eigenvalue weighted by molar-refractivity contribution is 7.92. The third kappa shape index (κ3) is 4.55. The van der Waals surface area contributed by atoms with E-state index in [0.717, 1.165) is 31.2 Å². The van der Waals surface area contributed by atoms with Gasteiger partial charge in [-0.25, -0.2) is 8.42 Å². The molecule has 3 aromatic rings. The van der Waals surface area contributed by atoms with Crippen LogP contribution in [-0.4, -0.2) is 32.3 Å². The first kappa shape index (κ1) is 22.1. The zero-order valence-electron chi connectivity index (χ0n) is 18.2. The molecule has 0 N–H and O–H groups in total. The van der Waals surface area contributed by atoms with Crippen molar-refractivity contribution in [2.24, 2.45) is 0 Å². The molecule has 1 aliphatic rings. The summed E-state index contributed by atoms with van der Waals surface area (Å²) in [6.45, 7) is 0.134. The fourth-order valence-electron chi connectivity index (χ4n) is 4.29. The lowest BCUT2D eigenvalue weighted by atomic mass is 10.1. The summed E-state index contributed by atoms with van der Waals surface area (Å²) in [6.07, 6.45) is 4.21. The van der Waals surface area contributed by atoms with E-state index in [2.05, 4.69) is 0 Å². The number of carbonyl (C=O) groups is 1. The minimum atomic E-state index is -3.89. The first-order chi connectivity index (χ1) is 15.5. The molecule has 4 rings (SSSR count). The first-order valence-corrected chi connectivity index (χ1v) is 12.4. The molecular formula is C26H28N2O3S. The lowest BCUT2D eigenvalue weighted by Gasteiger charge is -2.29. The molecule has 0 atom stereocenters. The van der Waals surface area contributed by atoms with E-state index in [1.54, 1.807) is 59.5 Å². The van der Waals surface area contributed by atoms with Gasteiger partial charge in [0, 0.05) is 13.1 Å². The highest BCUT2D eigenvalue weighted by Crippen LogP contribution is 2.31. The van der Waals surface area contributed by atoms with Crippen LogP contribution in [0.1, 0.15) is 41.6 Å². The number of para-hydroxylation sites is 1. The SMILES string of the molecule is CN(C(=O)c1ccccc1N(Cc1ccccc1)S(=O)(=O)c1ccccc1)C1CCCC1. The zero-order valence-corrected chi connectivity index (χ0v) is 19.0. The number of amides is 1. The Hall–Kier alpha value is -3.12. The number of hydrogen-bond donors (Lipinski definition) is 0. The third-order valence-corrected chi connectivity index (χ3v) is 7.87. The van der Waals surface area contributed by atoms with Crippen molar-refractivity contribution in [2.75, 3.05) is 11.4 Å². The normalized spacial score (nSPS) is 14.3. The van der Waals surface area contributed by atoms with Crippen LogP contribution in [0.5, 0.6) is 0 Å². The van der Waals surface area contributed by atoms with E-state index in [0.29, 0.717) is 11.3 Å². The minimum absolute atomic E-state index is 0.134. The Morgan fingerprint density at radius 3 is 2.06 bits per heavy atom. The zero-order chi connectivity index (χ0) is 22.6. The van der Waals surface area contributed by atoms with Gasteiger partial charge >= 0.3 is 0 Å². The number of carbonyl (C=O) groups excluding carboxylic acids is 1. The molecule has 0 saturated heterocycles. The molecule has 1 aliphatic carbocycles. The van der Waals surface area contributed by atoms with Crippen LogP contribution in [0.25, 0.3) is 0 Å². The van der Waals surface area contributed by atoms with Crippen LogP contribution in [0.3, 0.4) is 0 Å². The fraction of sp³-hybridized carbons (Fsp3) is 0.269. The van der Waals surface area contributed by atoms with Gasteiger partial charge in [-0.1, -0.05) is 73.5 Å². The van der Waals surface area contributed by atoms with E-state index in [1.165, 1.54) is 4.31 Å². The molecule has 0 unspecified atom stereocenters. The van der Waals surface area contributed by atoms with Gasteiger partial charge in [0.05, 0.1) is 22.7 Å². The van der Waals surface area contributed by atoms with E-state index < -0.39 is 10.0 Å². The molecular weight excluding hydrogens is 420 g/mol. The van der Waals surface area contributed by atoms with Crippen molar-refractivity contribution < 1.29 is 13.2 Å². The quantitative estimate of drug-likeness (QED) is 0.505. The first-order valence-electron chi connectivity index (χ1n) is 11.0. The van der Waals surface area contributed by atoms with Gasteiger partial charge in [-0.05, 0) is 42.7 Å². The Kier molecular flexibility index (Phi) is 6.61. The monoisotopic (exact) mass is 448 g/mol. The highest BCUT2D eigenvalue weighted by Gasteiger charge is 2.31. The predicted molar refractivity (Wildman–Crippen MR) is 127 cm³/mol. The van der Waals surface area contributed by atoms with E-state index in [9.17, 15) is 13.2 Å². The minimum Gasteiger partial charge on any atom is -0.339 e. The predicted octanol–water partition coefficient (Wildman–Crippen LogP) is 5.10. The van der Waals surface area contributed by atoms with Gasteiger partial charge in [-0.2, -0.15) is 0 Å². The second-order valence-electron chi connectivity index (χ2n) is 8.18. The lowest BCUT2D eigenvalue weighted by Crippen LogP contribution is -2.37. The molecule has 32 heavy (non-hydrogen) atoms. The molecule has 0 spiro atoms. The number of anilines is 1. The molecule has 166 valence electrons. The Morgan fingerprint density at radius 2 is 1.41 bits per heavy atom. The third-order valence-electron chi connectivity index (χ3n) is 6.10. The van der Waals surface area contributed by atoms with E-state index >= 15 is 0 Å². The van der Waals surface area contributed by atoms with Crippen LogP contribution < -0.4 is 4.31 Å². The number of benzene rings is 3. The van der Waals surface area contributed by atoms with Gasteiger partial charge in [-0.3, -0.25) is 9.10 Å². The molecule has 1 amide bonds. The molecule has 1 saturated carbocycles. The van der Waals surface area contributed by atoms with E-state index in [-0.39, 0.29) is 23.4 Å². The van der Waals surface area contributed by atoms with Crippen LogP contribution in [0.15, 0.2) is 89.8 Å². The summed E-state index contributed by atoms with van der Waals surface area (Å²) in [6, 6.07) is 25.0. The largest absolute Gasteiger partial charge is 0.339 e. The summed E-state index contributed by atoms with van der Waals surface area (Å²) in [5.41, 5.74) is 1.64. The maximum Gasteiger partial charge on any atom is 0.264 e. The Labute approximate surface area is 190 Å². The molecule has 0 aromatic heterocycles. The van der Waals surface area contributed by atoms with Gasteiger partial charge in [0.2, 0.25) is 0 Å². The van der Waals surface area contributed by atoms with Crippen LogP contribution in [0.2, 0.25) is 0 Å². The summed E-state index contributed by atoms with van der Waals surface area (Å²) < 4.78 is 28.8. The molecule has 6 heteroatoms. The number of rotatable bonds is 7. The fourth-order valence-corrected chi connectivity index (χ4v) is 5.78. The van der Waals surface area contributed by atoms with Crippen molar-refractivity contribution in [2.45, 2.75) is 43.2 Å². The van der Waals surface area contributed by atoms with Gasteiger partial charge in [-0.15, -0.1) is 0 Å². The van der Waals surface area contributed by atoms with Crippen LogP contribution >= 0.6 is 0 Å². The summed E-state index contributed by atoms with van der Waals surface area (Å²) in [5.74, 6) is -0.145. The average molecular weight is 449 g/mol. The van der Waals surface area contributed by atoms with E-state index in [4.69, 9.17) is 0 Å². The van der Waals surface area contributed by atoms with Crippen LogP contribution in [-0.2, 0) is 16.6 Å². The van der Waals surface area contributed by atoms with Gasteiger partial charge in [0.15, 0.2) is 0 Å². The molecule has 5 nitrogen and oxygen atoms in total. The van der Waals surface area contributed by atoms with Crippen molar-refractivity contribution in [3.05, 3.63) is 96.1 Å². The second kappa shape index (κ2) is 9.57. The molecule has 0 bridgehead atoms. The van der Waals surface area contributed by atoms with Crippen molar-refractivity contribution in [1.29, 1.82) is 0 Å². The average Bonchev–Trinajstić information content (AvgIpc) is 3.38. The van der Waals surface area contributed by atoms with Crippen molar-refractivity contribution in [1.82, 2.24) is 4.90 Å². The maximum absolute atomic E-state index is 13.7. The Balaban J connectivity index is 1.79. The maximum atomic E-state index is 13.7. The van der Waals surface area contributed by atoms with Gasteiger partial charge < -0.3 is 4.90 Å². The van der Waals surface area contributed by atoms with Gasteiger partial charge in [0.25, 0.3) is 15.9 Å². The smallest absolute Gasteiger partial charge is 0.264 e. The van der Waals surface area contributed by atoms with Crippen molar-refractivity contribution in [3.8, 4) is 0 Å².